The molecule has 0 spiro atoms. The topological polar surface area (TPSA) is 36.7 Å². The third kappa shape index (κ3) is 1.41. The van der Waals surface area contributed by atoms with Crippen LogP contribution in [0.15, 0.2) is 35.1 Å². The molecule has 2 rings (SSSR count). The average Bonchev–Trinajstić information content (AvgIpc) is 2.16. The highest BCUT2D eigenvalue weighted by molar-refractivity contribution is 9.10. The first-order valence-electron chi connectivity index (χ1n) is 3.74. The number of nitrogens with zero attached hydrogens (tertiary/aromatic N) is 2. The maximum Gasteiger partial charge on any atom is 0.101 e. The number of hydrogen-bond donors (Lipinski definition) is 0. The molecule has 0 atom stereocenters. The number of halogens is 1. The van der Waals surface area contributed by atoms with E-state index < -0.39 is 0 Å². The fourth-order valence-corrected chi connectivity index (χ4v) is 1.62. The van der Waals surface area contributed by atoms with Crippen molar-refractivity contribution in [3.05, 3.63) is 40.6 Å². The number of rotatable bonds is 0. The Morgan fingerprint density at radius 2 is 2.15 bits per heavy atom. The molecule has 0 saturated heterocycles. The highest BCUT2D eigenvalue weighted by atomic mass is 79.9. The predicted molar refractivity (Wildman–Crippen MR) is 54.2 cm³/mol. The lowest BCUT2D eigenvalue weighted by Gasteiger charge is -1.98. The van der Waals surface area contributed by atoms with Gasteiger partial charge in [-0.3, -0.25) is 4.98 Å². The van der Waals surface area contributed by atoms with Gasteiger partial charge in [0.25, 0.3) is 0 Å². The lowest BCUT2D eigenvalue weighted by molar-refractivity contribution is 1.34. The molecule has 0 N–H and O–H groups in total. The zero-order valence-electron chi connectivity index (χ0n) is 6.66. The highest BCUT2D eigenvalue weighted by Crippen LogP contribution is 2.21. The molecule has 1 aromatic heterocycles. The third-order valence-corrected chi connectivity index (χ3v) is 2.33. The van der Waals surface area contributed by atoms with E-state index in [4.69, 9.17) is 5.26 Å². The lowest BCUT2D eigenvalue weighted by atomic mass is 10.1. The Morgan fingerprint density at radius 1 is 1.31 bits per heavy atom. The molecule has 2 nitrogen and oxygen atoms in total. The molecule has 3 heteroatoms. The van der Waals surface area contributed by atoms with Gasteiger partial charge in [-0.2, -0.15) is 5.26 Å². The van der Waals surface area contributed by atoms with Crippen molar-refractivity contribution >= 4 is 26.7 Å². The van der Waals surface area contributed by atoms with Gasteiger partial charge in [0.15, 0.2) is 0 Å². The van der Waals surface area contributed by atoms with Gasteiger partial charge in [0.05, 0.1) is 5.56 Å². The molecule has 0 bridgehead atoms. The molecule has 13 heavy (non-hydrogen) atoms. The smallest absolute Gasteiger partial charge is 0.101 e. The summed E-state index contributed by atoms with van der Waals surface area (Å²) in [6.07, 6.45) is 3.33. The summed E-state index contributed by atoms with van der Waals surface area (Å²) in [5, 5.41) is 10.7. The number of nitriles is 1. The number of hydrogen-bond acceptors (Lipinski definition) is 2. The van der Waals surface area contributed by atoms with E-state index in [9.17, 15) is 0 Å². The van der Waals surface area contributed by atoms with Gasteiger partial charge in [-0.15, -0.1) is 0 Å². The molecular formula is C10H5BrN2. The normalized spacial score (nSPS) is 9.85. The molecule has 0 amide bonds. The molecule has 0 aliphatic heterocycles. The molecule has 62 valence electrons. The summed E-state index contributed by atoms with van der Waals surface area (Å²) in [4.78, 5) is 3.98. The lowest BCUT2D eigenvalue weighted by Crippen LogP contribution is -1.81. The molecule has 0 saturated carbocycles. The van der Waals surface area contributed by atoms with Crippen LogP contribution in [0.4, 0.5) is 0 Å². The Kier molecular flexibility index (Phi) is 1.99. The molecule has 0 aliphatic carbocycles. The zero-order valence-corrected chi connectivity index (χ0v) is 8.25. The first-order chi connectivity index (χ1) is 6.31. The van der Waals surface area contributed by atoms with Crippen molar-refractivity contribution in [3.8, 4) is 6.07 Å². The van der Waals surface area contributed by atoms with Crippen LogP contribution < -0.4 is 0 Å². The van der Waals surface area contributed by atoms with Crippen molar-refractivity contribution in [2.45, 2.75) is 0 Å². The van der Waals surface area contributed by atoms with E-state index in [0.717, 1.165) is 15.2 Å². The number of fused-ring (bicyclic) bond motifs is 1. The summed E-state index contributed by atoms with van der Waals surface area (Å²) in [7, 11) is 0. The van der Waals surface area contributed by atoms with E-state index in [0.29, 0.717) is 5.56 Å². The van der Waals surface area contributed by atoms with Crippen LogP contribution >= 0.6 is 15.9 Å². The van der Waals surface area contributed by atoms with Gasteiger partial charge < -0.3 is 0 Å². The monoisotopic (exact) mass is 232 g/mol. The van der Waals surface area contributed by atoms with Crippen LogP contribution in [0.3, 0.4) is 0 Å². The van der Waals surface area contributed by atoms with Crippen LogP contribution in [0, 0.1) is 11.3 Å². The van der Waals surface area contributed by atoms with Crippen LogP contribution in [0.1, 0.15) is 5.56 Å². The van der Waals surface area contributed by atoms with Crippen molar-refractivity contribution in [2.75, 3.05) is 0 Å². The standard InChI is InChI=1S/C10H5BrN2/c11-9-1-2-10-7(3-9)5-13-6-8(10)4-12/h1-3,5-6H. The zero-order chi connectivity index (χ0) is 9.26. The molecule has 1 heterocycles. The summed E-state index contributed by atoms with van der Waals surface area (Å²) >= 11 is 3.37. The van der Waals surface area contributed by atoms with Crippen LogP contribution in [-0.2, 0) is 0 Å². The van der Waals surface area contributed by atoms with Gasteiger partial charge >= 0.3 is 0 Å². The summed E-state index contributed by atoms with van der Waals surface area (Å²) in [5.74, 6) is 0. The predicted octanol–water partition coefficient (Wildman–Crippen LogP) is 2.87. The van der Waals surface area contributed by atoms with Gasteiger partial charge in [0.1, 0.15) is 6.07 Å². The fraction of sp³-hybridized carbons (Fsp3) is 0. The van der Waals surface area contributed by atoms with Crippen LogP contribution in [0.25, 0.3) is 10.8 Å². The molecule has 1 aromatic carbocycles. The van der Waals surface area contributed by atoms with Gasteiger partial charge in [-0.25, -0.2) is 0 Å². The third-order valence-electron chi connectivity index (χ3n) is 1.84. The maximum atomic E-state index is 8.80. The first kappa shape index (κ1) is 8.21. The Hall–Kier alpha value is -1.40. The number of aromatic nitrogens is 1. The maximum absolute atomic E-state index is 8.80. The second-order valence-electron chi connectivity index (χ2n) is 2.66. The molecule has 0 fully saturated rings. The minimum absolute atomic E-state index is 0.616. The Labute approximate surface area is 84.0 Å². The Morgan fingerprint density at radius 3 is 2.92 bits per heavy atom. The van der Waals surface area contributed by atoms with Crippen LogP contribution in [-0.4, -0.2) is 4.98 Å². The second kappa shape index (κ2) is 3.15. The summed E-state index contributed by atoms with van der Waals surface area (Å²) < 4.78 is 0.997. The molecule has 2 aromatic rings. The molecular weight excluding hydrogens is 228 g/mol. The van der Waals surface area contributed by atoms with E-state index in [2.05, 4.69) is 27.0 Å². The summed E-state index contributed by atoms with van der Waals surface area (Å²) in [6.45, 7) is 0. The van der Waals surface area contributed by atoms with Crippen LogP contribution in [0.5, 0.6) is 0 Å². The van der Waals surface area contributed by atoms with Crippen molar-refractivity contribution < 1.29 is 0 Å². The molecule has 0 radical (unpaired) electrons. The second-order valence-corrected chi connectivity index (χ2v) is 3.58. The SMILES string of the molecule is N#Cc1cncc2cc(Br)ccc12. The highest BCUT2D eigenvalue weighted by Gasteiger charge is 1.99. The van der Waals surface area contributed by atoms with Crippen LogP contribution in [0.2, 0.25) is 0 Å². The van der Waals surface area contributed by atoms with E-state index in [1.807, 2.05) is 18.2 Å². The van der Waals surface area contributed by atoms with E-state index in [-0.39, 0.29) is 0 Å². The van der Waals surface area contributed by atoms with Crippen molar-refractivity contribution in [1.29, 1.82) is 5.26 Å². The van der Waals surface area contributed by atoms with Gasteiger partial charge in [-0.05, 0) is 12.1 Å². The van der Waals surface area contributed by atoms with E-state index in [1.165, 1.54) is 0 Å². The summed E-state index contributed by atoms with van der Waals surface area (Å²) in [6, 6.07) is 7.90. The van der Waals surface area contributed by atoms with E-state index in [1.54, 1.807) is 12.4 Å². The largest absolute Gasteiger partial charge is 0.263 e. The van der Waals surface area contributed by atoms with Crippen molar-refractivity contribution in [3.63, 3.8) is 0 Å². The van der Waals surface area contributed by atoms with Gasteiger partial charge in [0, 0.05) is 27.6 Å². The minimum Gasteiger partial charge on any atom is -0.263 e. The Balaban J connectivity index is 2.87. The number of pyridine rings is 1. The first-order valence-corrected chi connectivity index (χ1v) is 4.54. The fourth-order valence-electron chi connectivity index (χ4n) is 1.24. The number of benzene rings is 1. The van der Waals surface area contributed by atoms with Gasteiger partial charge in [0.2, 0.25) is 0 Å². The molecule has 0 unspecified atom stereocenters. The average molecular weight is 233 g/mol. The van der Waals surface area contributed by atoms with Crippen molar-refractivity contribution in [1.82, 2.24) is 4.98 Å². The Bertz CT molecular complexity index is 500. The van der Waals surface area contributed by atoms with Crippen molar-refractivity contribution in [2.24, 2.45) is 0 Å². The van der Waals surface area contributed by atoms with Gasteiger partial charge in [-0.1, -0.05) is 22.0 Å². The van der Waals surface area contributed by atoms with E-state index >= 15 is 0 Å². The quantitative estimate of drug-likeness (QED) is 0.701. The minimum atomic E-state index is 0.616. The summed E-state index contributed by atoms with van der Waals surface area (Å²) in [5.41, 5.74) is 0.616. The molecule has 0 aliphatic rings.